The maximum Gasteiger partial charge on any atom is 0.429 e. The van der Waals surface area contributed by atoms with Gasteiger partial charge in [-0.15, -0.1) is 0 Å². The molecule has 0 bridgehead atoms. The van der Waals surface area contributed by atoms with Crippen LogP contribution in [0.1, 0.15) is 22.8 Å². The Bertz CT molecular complexity index is 1360. The van der Waals surface area contributed by atoms with Crippen molar-refractivity contribution in [1.82, 2.24) is 9.97 Å². The van der Waals surface area contributed by atoms with Crippen LogP contribution in [-0.4, -0.2) is 33.3 Å². The first kappa shape index (κ1) is 25.8. The molecule has 0 aliphatic carbocycles. The van der Waals surface area contributed by atoms with Gasteiger partial charge in [-0.25, -0.2) is 9.97 Å². The van der Waals surface area contributed by atoms with Crippen molar-refractivity contribution in [3.63, 3.8) is 0 Å². The maximum atomic E-state index is 14.3. The van der Waals surface area contributed by atoms with Crippen molar-refractivity contribution in [2.45, 2.75) is 31.7 Å². The zero-order valence-corrected chi connectivity index (χ0v) is 19.8. The van der Waals surface area contributed by atoms with E-state index in [1.54, 1.807) is 79.7 Å². The smallest absolute Gasteiger partial charge is 0.429 e. The molecule has 1 aromatic heterocycles. The molecule has 0 amide bonds. The minimum absolute atomic E-state index is 0.0160. The van der Waals surface area contributed by atoms with E-state index in [0.717, 1.165) is 11.8 Å². The second-order valence-electron chi connectivity index (χ2n) is 8.53. The van der Waals surface area contributed by atoms with Gasteiger partial charge in [0.15, 0.2) is 0 Å². The fraction of sp³-hybridized carbons (Fsp3) is 0.179. The van der Waals surface area contributed by atoms with Crippen LogP contribution >= 0.6 is 0 Å². The molecule has 4 rings (SSSR count). The average molecular weight is 508 g/mol. The monoisotopic (exact) mass is 507 g/mol. The summed E-state index contributed by atoms with van der Waals surface area (Å²) in [6.45, 7) is 1.62. The molecule has 0 radical (unpaired) electrons. The SMILES string of the molecule is Cc1cccc(-c2ccccc2)c1C(Oc1cnc(-c2ccc(C[C@H](N)C(=O)O)cc2)cn1)C(F)(F)F. The minimum Gasteiger partial charge on any atom is -0.480 e. The number of carboxylic acids is 1. The molecular weight excluding hydrogens is 483 g/mol. The summed E-state index contributed by atoms with van der Waals surface area (Å²) >= 11 is 0. The molecule has 3 N–H and O–H groups in total. The van der Waals surface area contributed by atoms with Crippen molar-refractivity contribution >= 4 is 5.97 Å². The van der Waals surface area contributed by atoms with E-state index in [2.05, 4.69) is 9.97 Å². The van der Waals surface area contributed by atoms with E-state index >= 15 is 0 Å². The molecule has 0 saturated heterocycles. The summed E-state index contributed by atoms with van der Waals surface area (Å²) in [6.07, 6.45) is -4.30. The van der Waals surface area contributed by atoms with E-state index in [1.165, 1.54) is 6.20 Å². The first-order chi connectivity index (χ1) is 17.6. The zero-order chi connectivity index (χ0) is 26.6. The van der Waals surface area contributed by atoms with Crippen LogP contribution in [0.5, 0.6) is 5.88 Å². The Morgan fingerprint density at radius 3 is 2.24 bits per heavy atom. The summed E-state index contributed by atoms with van der Waals surface area (Å²) in [6, 6.07) is 19.6. The predicted octanol–water partition coefficient (Wildman–Crippen LogP) is 5.76. The molecule has 1 unspecified atom stereocenters. The maximum absolute atomic E-state index is 14.3. The van der Waals surface area contributed by atoms with Gasteiger partial charge in [0.05, 0.1) is 18.1 Å². The quantitative estimate of drug-likeness (QED) is 0.315. The lowest BCUT2D eigenvalue weighted by molar-refractivity contribution is -0.198. The molecule has 1 heterocycles. The molecule has 0 fully saturated rings. The van der Waals surface area contributed by atoms with Crippen LogP contribution in [0.4, 0.5) is 13.2 Å². The topological polar surface area (TPSA) is 98.3 Å². The number of alkyl halides is 3. The molecular formula is C28H24F3N3O3. The third-order valence-electron chi connectivity index (χ3n) is 5.86. The van der Waals surface area contributed by atoms with Gasteiger partial charge in [-0.3, -0.25) is 4.79 Å². The van der Waals surface area contributed by atoms with Crippen LogP contribution in [0.3, 0.4) is 0 Å². The van der Waals surface area contributed by atoms with Gasteiger partial charge in [0.25, 0.3) is 0 Å². The van der Waals surface area contributed by atoms with Crippen molar-refractivity contribution < 1.29 is 27.8 Å². The van der Waals surface area contributed by atoms with Gasteiger partial charge < -0.3 is 15.6 Å². The Balaban J connectivity index is 1.59. The highest BCUT2D eigenvalue weighted by atomic mass is 19.4. The molecule has 2 atom stereocenters. The van der Waals surface area contributed by atoms with E-state index < -0.39 is 24.3 Å². The molecule has 3 aromatic carbocycles. The van der Waals surface area contributed by atoms with Gasteiger partial charge >= 0.3 is 12.1 Å². The van der Waals surface area contributed by atoms with Crippen LogP contribution in [-0.2, 0) is 11.2 Å². The fourth-order valence-corrected chi connectivity index (χ4v) is 3.99. The van der Waals surface area contributed by atoms with Crippen LogP contribution in [0.2, 0.25) is 0 Å². The van der Waals surface area contributed by atoms with Crippen molar-refractivity contribution in [2.75, 3.05) is 0 Å². The Labute approximate surface area is 211 Å². The number of hydrogen-bond acceptors (Lipinski definition) is 5. The largest absolute Gasteiger partial charge is 0.480 e. The number of ether oxygens (including phenoxy) is 1. The Kier molecular flexibility index (Phi) is 7.54. The number of aryl methyl sites for hydroxylation is 1. The Hall–Kier alpha value is -4.24. The van der Waals surface area contributed by atoms with Gasteiger partial charge in [0, 0.05) is 11.1 Å². The van der Waals surface area contributed by atoms with E-state index in [1.807, 2.05) is 0 Å². The number of nitrogens with zero attached hydrogens (tertiary/aromatic N) is 2. The van der Waals surface area contributed by atoms with E-state index in [4.69, 9.17) is 15.6 Å². The molecule has 0 saturated carbocycles. The van der Waals surface area contributed by atoms with Gasteiger partial charge in [-0.05, 0) is 35.6 Å². The van der Waals surface area contributed by atoms with Crippen molar-refractivity contribution in [1.29, 1.82) is 0 Å². The second-order valence-corrected chi connectivity index (χ2v) is 8.53. The summed E-state index contributed by atoms with van der Waals surface area (Å²) < 4.78 is 48.2. The fourth-order valence-electron chi connectivity index (χ4n) is 3.99. The lowest BCUT2D eigenvalue weighted by Crippen LogP contribution is -2.32. The summed E-state index contributed by atoms with van der Waals surface area (Å²) in [4.78, 5) is 19.2. The number of carbonyl (C=O) groups is 1. The first-order valence-electron chi connectivity index (χ1n) is 11.4. The third-order valence-corrected chi connectivity index (χ3v) is 5.86. The highest BCUT2D eigenvalue weighted by Crippen LogP contribution is 2.42. The number of hydrogen-bond donors (Lipinski definition) is 2. The van der Waals surface area contributed by atoms with Crippen LogP contribution < -0.4 is 10.5 Å². The average Bonchev–Trinajstić information content (AvgIpc) is 2.88. The Morgan fingerprint density at radius 2 is 1.65 bits per heavy atom. The normalized spacial score (nSPS) is 13.1. The predicted molar refractivity (Wildman–Crippen MR) is 133 cm³/mol. The van der Waals surface area contributed by atoms with E-state index in [0.29, 0.717) is 27.9 Å². The molecule has 4 aromatic rings. The highest BCUT2D eigenvalue weighted by molar-refractivity contribution is 5.73. The summed E-state index contributed by atoms with van der Waals surface area (Å²) in [5.74, 6) is -1.36. The highest BCUT2D eigenvalue weighted by Gasteiger charge is 2.45. The van der Waals surface area contributed by atoms with E-state index in [-0.39, 0.29) is 17.9 Å². The van der Waals surface area contributed by atoms with Crippen molar-refractivity contribution in [3.8, 4) is 28.3 Å². The van der Waals surface area contributed by atoms with Gasteiger partial charge in [-0.2, -0.15) is 13.2 Å². The number of aliphatic carboxylic acids is 1. The summed E-state index contributed by atoms with van der Waals surface area (Å²) in [5.41, 5.74) is 8.90. The number of benzene rings is 3. The molecule has 9 heteroatoms. The van der Waals surface area contributed by atoms with Crippen LogP contribution in [0.15, 0.2) is 85.2 Å². The zero-order valence-electron chi connectivity index (χ0n) is 19.8. The molecule has 0 aliphatic rings. The van der Waals surface area contributed by atoms with Crippen molar-refractivity contribution in [3.05, 3.63) is 102 Å². The van der Waals surface area contributed by atoms with Crippen LogP contribution in [0, 0.1) is 6.92 Å². The first-order valence-corrected chi connectivity index (χ1v) is 11.4. The lowest BCUT2D eigenvalue weighted by atomic mass is 9.92. The number of nitrogens with two attached hydrogens (primary N) is 1. The number of carboxylic acid groups (broad SMARTS) is 1. The molecule has 6 nitrogen and oxygen atoms in total. The summed E-state index contributed by atoms with van der Waals surface area (Å²) in [7, 11) is 0. The molecule has 190 valence electrons. The Morgan fingerprint density at radius 1 is 0.946 bits per heavy atom. The standard InChI is InChI=1S/C28H24F3N3O3/c1-17-6-5-9-21(19-7-3-2-4-8-19)25(17)26(28(29,30)31)37-24-16-33-23(15-34-24)20-12-10-18(11-13-20)14-22(32)27(35)36/h2-13,15-16,22,26H,14,32H2,1H3,(H,35,36)/t22-,26?/m0/s1. The van der Waals surface area contributed by atoms with Gasteiger partial charge in [-0.1, -0.05) is 72.8 Å². The second kappa shape index (κ2) is 10.8. The number of aromatic nitrogens is 2. The minimum atomic E-state index is -4.71. The number of halogens is 3. The van der Waals surface area contributed by atoms with Gasteiger partial charge in [0.1, 0.15) is 6.04 Å². The number of rotatable bonds is 8. The van der Waals surface area contributed by atoms with Crippen molar-refractivity contribution in [2.24, 2.45) is 5.73 Å². The van der Waals surface area contributed by atoms with Crippen LogP contribution in [0.25, 0.3) is 22.4 Å². The summed E-state index contributed by atoms with van der Waals surface area (Å²) in [5, 5.41) is 8.95. The molecule has 37 heavy (non-hydrogen) atoms. The van der Waals surface area contributed by atoms with E-state index in [9.17, 15) is 18.0 Å². The molecule has 0 aliphatic heterocycles. The third kappa shape index (κ3) is 6.13. The molecule has 0 spiro atoms. The lowest BCUT2D eigenvalue weighted by Gasteiger charge is -2.25. The van der Waals surface area contributed by atoms with Gasteiger partial charge in [0.2, 0.25) is 12.0 Å².